The number of hydrogen-bond acceptors (Lipinski definition) is 3. The molecule has 0 amide bonds. The summed E-state index contributed by atoms with van der Waals surface area (Å²) in [5, 5.41) is 0. The van der Waals surface area contributed by atoms with Crippen molar-refractivity contribution in [1.82, 2.24) is 0 Å². The fourth-order valence-corrected chi connectivity index (χ4v) is 4.86. The van der Waals surface area contributed by atoms with E-state index in [0.717, 1.165) is 36.4 Å². The van der Waals surface area contributed by atoms with E-state index in [1.165, 1.54) is 70.6 Å². The lowest BCUT2D eigenvalue weighted by atomic mass is 9.79. The first-order valence-electron chi connectivity index (χ1n) is 12.9. The van der Waals surface area contributed by atoms with Gasteiger partial charge in [0.2, 0.25) is 0 Å². The molecule has 1 heterocycles. The molecule has 3 nitrogen and oxygen atoms in total. The Hall–Kier alpha value is -1.32. The molecule has 1 saturated carbocycles. The van der Waals surface area contributed by atoms with Crippen molar-refractivity contribution in [1.29, 1.82) is 0 Å². The maximum atomic E-state index is 5.94. The van der Waals surface area contributed by atoms with E-state index in [-0.39, 0.29) is 6.29 Å². The van der Waals surface area contributed by atoms with Crippen molar-refractivity contribution in [3.8, 4) is 5.75 Å². The zero-order valence-corrected chi connectivity index (χ0v) is 19.9. The number of rotatable bonds is 12. The van der Waals surface area contributed by atoms with Crippen LogP contribution in [0.4, 0.5) is 0 Å². The van der Waals surface area contributed by atoms with Gasteiger partial charge in [0, 0.05) is 11.5 Å². The summed E-state index contributed by atoms with van der Waals surface area (Å²) in [6.07, 6.45) is 19.2. The van der Waals surface area contributed by atoms with Crippen LogP contribution in [0.25, 0.3) is 0 Å². The van der Waals surface area contributed by atoms with Crippen LogP contribution in [0, 0.1) is 17.8 Å². The highest BCUT2D eigenvalue weighted by molar-refractivity contribution is 5.28. The van der Waals surface area contributed by atoms with Gasteiger partial charge in [-0.15, -0.1) is 0 Å². The van der Waals surface area contributed by atoms with Crippen LogP contribution in [0.5, 0.6) is 5.75 Å². The smallest absolute Gasteiger partial charge is 0.183 e. The van der Waals surface area contributed by atoms with E-state index >= 15 is 0 Å². The Morgan fingerprint density at radius 1 is 0.839 bits per heavy atom. The summed E-state index contributed by atoms with van der Waals surface area (Å²) in [7, 11) is 0. The predicted molar refractivity (Wildman–Crippen MR) is 128 cm³/mol. The molecule has 1 aromatic rings. The highest BCUT2D eigenvalue weighted by atomic mass is 16.7. The lowest BCUT2D eigenvalue weighted by Gasteiger charge is -2.29. The lowest BCUT2D eigenvalue weighted by molar-refractivity contribution is -0.206. The fraction of sp³-hybridized carbons (Fsp3) is 0.714. The quantitative estimate of drug-likeness (QED) is 0.250. The predicted octanol–water partition coefficient (Wildman–Crippen LogP) is 7.86. The lowest BCUT2D eigenvalue weighted by Crippen LogP contribution is -2.27. The topological polar surface area (TPSA) is 27.7 Å². The van der Waals surface area contributed by atoms with Crippen LogP contribution < -0.4 is 4.74 Å². The Bertz CT molecular complexity index is 608. The second-order valence-corrected chi connectivity index (χ2v) is 9.59. The highest BCUT2D eigenvalue weighted by Gasteiger charge is 2.23. The second-order valence-electron chi connectivity index (χ2n) is 9.59. The van der Waals surface area contributed by atoms with Gasteiger partial charge >= 0.3 is 0 Å². The Kier molecular flexibility index (Phi) is 11.0. The molecule has 1 aliphatic carbocycles. The van der Waals surface area contributed by atoms with Gasteiger partial charge in [-0.05, 0) is 56.1 Å². The van der Waals surface area contributed by atoms with E-state index in [1.807, 2.05) is 12.1 Å². The second kappa shape index (κ2) is 14.0. The van der Waals surface area contributed by atoms with E-state index in [1.54, 1.807) is 0 Å². The summed E-state index contributed by atoms with van der Waals surface area (Å²) < 4.78 is 17.8. The van der Waals surface area contributed by atoms with Crippen LogP contribution in [-0.4, -0.2) is 19.8 Å². The SMILES string of the molecule is CCCCCC1CCC(C=CCOc2ccc(C3OCC(CCCC)CO3)cc2)CC1. The van der Waals surface area contributed by atoms with Gasteiger partial charge in [0.25, 0.3) is 0 Å². The van der Waals surface area contributed by atoms with Gasteiger partial charge in [0.05, 0.1) is 13.2 Å². The Morgan fingerprint density at radius 3 is 2.19 bits per heavy atom. The molecule has 0 atom stereocenters. The molecule has 0 bridgehead atoms. The van der Waals surface area contributed by atoms with Crippen molar-refractivity contribution >= 4 is 0 Å². The molecule has 0 spiro atoms. The maximum Gasteiger partial charge on any atom is 0.183 e. The number of hydrogen-bond donors (Lipinski definition) is 0. The molecule has 0 N–H and O–H groups in total. The molecular weight excluding hydrogens is 384 g/mol. The molecule has 1 saturated heterocycles. The average Bonchev–Trinajstić information content (AvgIpc) is 2.82. The minimum Gasteiger partial charge on any atom is -0.490 e. The summed E-state index contributed by atoms with van der Waals surface area (Å²) >= 11 is 0. The van der Waals surface area contributed by atoms with Gasteiger partial charge in [0.15, 0.2) is 6.29 Å². The van der Waals surface area contributed by atoms with E-state index in [9.17, 15) is 0 Å². The number of allylic oxidation sites excluding steroid dienone is 1. The number of ether oxygens (including phenoxy) is 3. The van der Waals surface area contributed by atoms with Gasteiger partial charge in [-0.2, -0.15) is 0 Å². The average molecular weight is 429 g/mol. The van der Waals surface area contributed by atoms with Crippen LogP contribution in [0.15, 0.2) is 36.4 Å². The van der Waals surface area contributed by atoms with Crippen LogP contribution in [0.3, 0.4) is 0 Å². The van der Waals surface area contributed by atoms with Gasteiger partial charge in [-0.3, -0.25) is 0 Å². The van der Waals surface area contributed by atoms with Gasteiger partial charge in [-0.1, -0.05) is 76.7 Å². The summed E-state index contributed by atoms with van der Waals surface area (Å²) in [5.74, 6) is 3.17. The molecule has 2 fully saturated rings. The van der Waals surface area contributed by atoms with E-state index in [0.29, 0.717) is 12.5 Å². The first kappa shape index (κ1) is 24.3. The normalized spacial score (nSPS) is 26.9. The van der Waals surface area contributed by atoms with Crippen molar-refractivity contribution in [2.75, 3.05) is 19.8 Å². The summed E-state index contributed by atoms with van der Waals surface area (Å²) in [6, 6.07) is 8.19. The monoisotopic (exact) mass is 428 g/mol. The molecule has 174 valence electrons. The molecule has 2 aliphatic rings. The maximum absolute atomic E-state index is 5.94. The van der Waals surface area contributed by atoms with E-state index < -0.39 is 0 Å². The summed E-state index contributed by atoms with van der Waals surface area (Å²) in [6.45, 7) is 6.77. The molecule has 0 radical (unpaired) electrons. The zero-order valence-electron chi connectivity index (χ0n) is 19.9. The van der Waals surface area contributed by atoms with Crippen LogP contribution in [0.1, 0.15) is 96.3 Å². The Labute approximate surface area is 190 Å². The summed E-state index contributed by atoms with van der Waals surface area (Å²) in [5.41, 5.74) is 1.08. The van der Waals surface area contributed by atoms with Crippen molar-refractivity contribution in [2.24, 2.45) is 17.8 Å². The highest BCUT2D eigenvalue weighted by Crippen LogP contribution is 2.33. The Balaban J connectivity index is 1.31. The summed E-state index contributed by atoms with van der Waals surface area (Å²) in [4.78, 5) is 0. The molecule has 0 unspecified atom stereocenters. The number of unbranched alkanes of at least 4 members (excludes halogenated alkanes) is 3. The van der Waals surface area contributed by atoms with Crippen molar-refractivity contribution in [3.05, 3.63) is 42.0 Å². The van der Waals surface area contributed by atoms with Crippen molar-refractivity contribution < 1.29 is 14.2 Å². The largest absolute Gasteiger partial charge is 0.490 e. The van der Waals surface area contributed by atoms with Gasteiger partial charge in [0.1, 0.15) is 12.4 Å². The molecule has 1 aliphatic heterocycles. The molecule has 1 aromatic carbocycles. The third-order valence-corrected chi connectivity index (χ3v) is 6.95. The van der Waals surface area contributed by atoms with Gasteiger partial charge in [-0.25, -0.2) is 0 Å². The van der Waals surface area contributed by atoms with E-state index in [2.05, 4.69) is 38.1 Å². The van der Waals surface area contributed by atoms with Crippen LogP contribution >= 0.6 is 0 Å². The molecule has 0 aromatic heterocycles. The van der Waals surface area contributed by atoms with Crippen LogP contribution in [0.2, 0.25) is 0 Å². The molecule has 3 rings (SSSR count). The zero-order chi connectivity index (χ0) is 21.7. The number of benzene rings is 1. The minimum atomic E-state index is -0.232. The molecule has 3 heteroatoms. The van der Waals surface area contributed by atoms with Crippen molar-refractivity contribution in [2.45, 2.75) is 90.8 Å². The van der Waals surface area contributed by atoms with Crippen molar-refractivity contribution in [3.63, 3.8) is 0 Å². The Morgan fingerprint density at radius 2 is 1.52 bits per heavy atom. The third kappa shape index (κ3) is 8.61. The van der Waals surface area contributed by atoms with E-state index in [4.69, 9.17) is 14.2 Å². The van der Waals surface area contributed by atoms with Crippen LogP contribution in [-0.2, 0) is 9.47 Å². The first-order chi connectivity index (χ1) is 15.3. The molecular formula is C28H44O3. The standard InChI is InChI=1S/C28H44O3/c1-3-5-7-10-23-12-14-24(15-13-23)11-8-20-29-27-18-16-26(17-19-27)28-30-21-25(22-31-28)9-6-4-2/h8,11,16-19,23-25,28H,3-7,9-10,12-15,20-22H2,1-2H3. The first-order valence-corrected chi connectivity index (χ1v) is 12.9. The minimum absolute atomic E-state index is 0.232. The third-order valence-electron chi connectivity index (χ3n) is 6.95. The fourth-order valence-electron chi connectivity index (χ4n) is 4.86. The molecule has 31 heavy (non-hydrogen) atoms. The van der Waals surface area contributed by atoms with Gasteiger partial charge < -0.3 is 14.2 Å².